The molecule has 2 aromatic heterocycles. The summed E-state index contributed by atoms with van der Waals surface area (Å²) in [6.45, 7) is 4.02. The van der Waals surface area contributed by atoms with Crippen molar-refractivity contribution in [2.75, 3.05) is 5.32 Å². The van der Waals surface area contributed by atoms with E-state index >= 15 is 0 Å². The molecule has 4 heteroatoms. The molecule has 0 spiro atoms. The summed E-state index contributed by atoms with van der Waals surface area (Å²) in [4.78, 5) is 16.6. The first-order chi connectivity index (χ1) is 9.63. The number of fused-ring (bicyclic) bond motifs is 1. The molecule has 0 aliphatic heterocycles. The van der Waals surface area contributed by atoms with Gasteiger partial charge in [-0.3, -0.25) is 4.79 Å². The van der Waals surface area contributed by atoms with Gasteiger partial charge in [0.05, 0.1) is 5.56 Å². The van der Waals surface area contributed by atoms with E-state index in [4.69, 9.17) is 0 Å². The minimum atomic E-state index is -0.146. The number of aromatic nitrogens is 2. The second-order valence-corrected chi connectivity index (χ2v) is 4.91. The zero-order valence-corrected chi connectivity index (χ0v) is 11.4. The Morgan fingerprint density at radius 1 is 1.15 bits per heavy atom. The summed E-state index contributed by atoms with van der Waals surface area (Å²) in [7, 11) is 0. The van der Waals surface area contributed by atoms with E-state index in [1.807, 2.05) is 48.8 Å². The van der Waals surface area contributed by atoms with Crippen molar-refractivity contribution >= 4 is 17.2 Å². The van der Waals surface area contributed by atoms with Crippen LogP contribution in [0.1, 0.15) is 21.5 Å². The average Bonchev–Trinajstić information content (AvgIpc) is 2.85. The lowest BCUT2D eigenvalue weighted by Crippen LogP contribution is -2.13. The van der Waals surface area contributed by atoms with E-state index in [-0.39, 0.29) is 5.91 Å². The van der Waals surface area contributed by atoms with Gasteiger partial charge in [0.25, 0.3) is 5.91 Å². The van der Waals surface area contributed by atoms with Crippen LogP contribution in [0.25, 0.3) is 5.65 Å². The first-order valence-electron chi connectivity index (χ1n) is 6.45. The fourth-order valence-corrected chi connectivity index (χ4v) is 2.37. The summed E-state index contributed by atoms with van der Waals surface area (Å²) >= 11 is 0. The third-order valence-electron chi connectivity index (χ3n) is 3.14. The van der Waals surface area contributed by atoms with Crippen LogP contribution in [0, 0.1) is 13.8 Å². The van der Waals surface area contributed by atoms with Crippen LogP contribution >= 0.6 is 0 Å². The van der Waals surface area contributed by atoms with Gasteiger partial charge in [0.15, 0.2) is 0 Å². The molecule has 3 aromatic rings. The fourth-order valence-electron chi connectivity index (χ4n) is 2.37. The summed E-state index contributed by atoms with van der Waals surface area (Å²) in [5.41, 5.74) is 4.28. The van der Waals surface area contributed by atoms with E-state index in [0.29, 0.717) is 11.2 Å². The molecule has 3 rings (SSSR count). The van der Waals surface area contributed by atoms with Gasteiger partial charge in [-0.1, -0.05) is 6.07 Å². The summed E-state index contributed by atoms with van der Waals surface area (Å²) < 4.78 is 1.83. The topological polar surface area (TPSA) is 46.4 Å². The number of benzene rings is 1. The number of anilines is 1. The number of hydrogen-bond acceptors (Lipinski definition) is 2. The van der Waals surface area contributed by atoms with Crippen LogP contribution in [0.15, 0.2) is 48.9 Å². The first kappa shape index (κ1) is 12.4. The second kappa shape index (κ2) is 4.81. The smallest absolute Gasteiger partial charge is 0.259 e. The van der Waals surface area contributed by atoms with Gasteiger partial charge in [-0.2, -0.15) is 0 Å². The molecule has 0 unspecified atom stereocenters. The minimum Gasteiger partial charge on any atom is -0.322 e. The van der Waals surface area contributed by atoms with Gasteiger partial charge in [0, 0.05) is 24.3 Å². The molecular weight excluding hydrogens is 250 g/mol. The zero-order chi connectivity index (χ0) is 14.1. The van der Waals surface area contributed by atoms with Gasteiger partial charge in [-0.15, -0.1) is 0 Å². The maximum atomic E-state index is 12.4. The summed E-state index contributed by atoms with van der Waals surface area (Å²) in [5.74, 6) is -0.146. The molecule has 0 saturated carbocycles. The molecule has 0 aliphatic rings. The average molecular weight is 265 g/mol. The molecule has 0 saturated heterocycles. The van der Waals surface area contributed by atoms with Gasteiger partial charge >= 0.3 is 0 Å². The van der Waals surface area contributed by atoms with E-state index in [9.17, 15) is 4.79 Å². The van der Waals surface area contributed by atoms with Crippen molar-refractivity contribution in [1.29, 1.82) is 0 Å². The van der Waals surface area contributed by atoms with Crippen LogP contribution in [0.2, 0.25) is 0 Å². The van der Waals surface area contributed by atoms with Crippen LogP contribution < -0.4 is 5.32 Å². The molecule has 4 nitrogen and oxygen atoms in total. The number of pyridine rings is 1. The summed E-state index contributed by atoms with van der Waals surface area (Å²) in [6, 6.07) is 9.60. The lowest BCUT2D eigenvalue weighted by atomic mass is 10.1. The van der Waals surface area contributed by atoms with E-state index in [1.165, 1.54) is 0 Å². The molecule has 1 amide bonds. The third kappa shape index (κ3) is 2.28. The van der Waals surface area contributed by atoms with Gasteiger partial charge < -0.3 is 9.72 Å². The number of nitrogens with zero attached hydrogens (tertiary/aromatic N) is 2. The van der Waals surface area contributed by atoms with Crippen molar-refractivity contribution in [3.63, 3.8) is 0 Å². The standard InChI is InChI=1S/C16H15N3O/c1-11-8-12(2)10-13(9-11)18-16(20)14-4-3-6-19-7-5-17-15(14)19/h3-10H,1-2H3,(H,18,20). The molecule has 1 N–H and O–H groups in total. The van der Waals surface area contributed by atoms with Crippen molar-refractivity contribution in [3.8, 4) is 0 Å². The van der Waals surface area contributed by atoms with Gasteiger partial charge in [0.1, 0.15) is 5.65 Å². The quantitative estimate of drug-likeness (QED) is 0.773. The van der Waals surface area contributed by atoms with Crippen LogP contribution in [-0.2, 0) is 0 Å². The number of carbonyl (C=O) groups is 1. The van der Waals surface area contributed by atoms with Crippen LogP contribution in [-0.4, -0.2) is 15.3 Å². The Bertz CT molecular complexity index is 769. The molecule has 100 valence electrons. The molecular formula is C16H15N3O. The zero-order valence-electron chi connectivity index (χ0n) is 11.4. The predicted molar refractivity (Wildman–Crippen MR) is 79.1 cm³/mol. The van der Waals surface area contributed by atoms with Gasteiger partial charge in [-0.25, -0.2) is 4.98 Å². The second-order valence-electron chi connectivity index (χ2n) is 4.91. The number of amides is 1. The SMILES string of the molecule is Cc1cc(C)cc(NC(=O)c2cccn3ccnc23)c1. The van der Waals surface area contributed by atoms with Crippen molar-refractivity contribution in [2.24, 2.45) is 0 Å². The first-order valence-corrected chi connectivity index (χ1v) is 6.45. The maximum Gasteiger partial charge on any atom is 0.259 e. The Labute approximate surface area is 117 Å². The van der Waals surface area contributed by atoms with Crippen LogP contribution in [0.4, 0.5) is 5.69 Å². The molecule has 0 atom stereocenters. The predicted octanol–water partition coefficient (Wildman–Crippen LogP) is 3.20. The molecule has 2 heterocycles. The van der Waals surface area contributed by atoms with Gasteiger partial charge in [0.2, 0.25) is 0 Å². The van der Waals surface area contributed by atoms with Gasteiger partial charge in [-0.05, 0) is 49.2 Å². The number of imidazole rings is 1. The van der Waals surface area contributed by atoms with Crippen molar-refractivity contribution in [1.82, 2.24) is 9.38 Å². The van der Waals surface area contributed by atoms with Crippen LogP contribution in [0.5, 0.6) is 0 Å². The summed E-state index contributed by atoms with van der Waals surface area (Å²) in [6.07, 6.45) is 5.38. The van der Waals surface area contributed by atoms with E-state index in [2.05, 4.69) is 16.4 Å². The number of rotatable bonds is 2. The number of carbonyl (C=O) groups excluding carboxylic acids is 1. The maximum absolute atomic E-state index is 12.4. The van der Waals surface area contributed by atoms with Crippen LogP contribution in [0.3, 0.4) is 0 Å². The van der Waals surface area contributed by atoms with Crippen molar-refractivity contribution < 1.29 is 4.79 Å². The molecule has 0 fully saturated rings. The Morgan fingerprint density at radius 3 is 2.65 bits per heavy atom. The summed E-state index contributed by atoms with van der Waals surface area (Å²) in [5, 5.41) is 2.93. The molecule has 1 aromatic carbocycles. The van der Waals surface area contributed by atoms with E-state index in [1.54, 1.807) is 12.3 Å². The highest BCUT2D eigenvalue weighted by atomic mass is 16.1. The highest BCUT2D eigenvalue weighted by molar-refractivity contribution is 6.08. The van der Waals surface area contributed by atoms with Crippen molar-refractivity contribution in [2.45, 2.75) is 13.8 Å². The lowest BCUT2D eigenvalue weighted by Gasteiger charge is -2.08. The molecule has 20 heavy (non-hydrogen) atoms. The number of aryl methyl sites for hydroxylation is 2. The molecule has 0 bridgehead atoms. The van der Waals surface area contributed by atoms with E-state index in [0.717, 1.165) is 16.8 Å². The lowest BCUT2D eigenvalue weighted by molar-refractivity contribution is 0.102. The Hall–Kier alpha value is -2.62. The minimum absolute atomic E-state index is 0.146. The largest absolute Gasteiger partial charge is 0.322 e. The highest BCUT2D eigenvalue weighted by Crippen LogP contribution is 2.16. The highest BCUT2D eigenvalue weighted by Gasteiger charge is 2.11. The number of hydrogen-bond donors (Lipinski definition) is 1. The van der Waals surface area contributed by atoms with E-state index < -0.39 is 0 Å². The monoisotopic (exact) mass is 265 g/mol. The molecule has 0 aliphatic carbocycles. The third-order valence-corrected chi connectivity index (χ3v) is 3.14. The Kier molecular flexibility index (Phi) is 2.99. The Morgan fingerprint density at radius 2 is 1.90 bits per heavy atom. The molecule has 0 radical (unpaired) electrons. The van der Waals surface area contributed by atoms with Crippen molar-refractivity contribution in [3.05, 3.63) is 65.6 Å². The number of nitrogens with one attached hydrogen (secondary N) is 1. The Balaban J connectivity index is 1.95. The normalized spacial score (nSPS) is 10.7. The fraction of sp³-hybridized carbons (Fsp3) is 0.125.